The molecule has 0 aliphatic heterocycles. The van der Waals surface area contributed by atoms with Crippen molar-refractivity contribution in [1.82, 2.24) is 15.4 Å². The maximum atomic E-state index is 12.7. The first kappa shape index (κ1) is 22.5. The molecule has 164 valence electrons. The fraction of sp³-hybridized carbons (Fsp3) is 0.304. The molecular formula is C23H26ClN3O4. The van der Waals surface area contributed by atoms with Crippen molar-refractivity contribution in [3.05, 3.63) is 58.7 Å². The van der Waals surface area contributed by atoms with Gasteiger partial charge in [-0.1, -0.05) is 43.6 Å². The third-order valence-corrected chi connectivity index (χ3v) is 5.31. The van der Waals surface area contributed by atoms with Crippen LogP contribution in [0.2, 0.25) is 5.02 Å². The third kappa shape index (κ3) is 4.94. The first-order chi connectivity index (χ1) is 14.8. The lowest BCUT2D eigenvalue weighted by Gasteiger charge is -2.13. The van der Waals surface area contributed by atoms with Crippen molar-refractivity contribution >= 4 is 34.3 Å². The van der Waals surface area contributed by atoms with Gasteiger partial charge in [-0.15, -0.1) is 0 Å². The smallest absolute Gasteiger partial charge is 0.287 e. The normalized spacial score (nSPS) is 10.9. The largest absolute Gasteiger partial charge is 0.493 e. The number of benzene rings is 2. The van der Waals surface area contributed by atoms with Gasteiger partial charge in [0.2, 0.25) is 0 Å². The molecule has 0 saturated heterocycles. The van der Waals surface area contributed by atoms with E-state index >= 15 is 0 Å². The molecule has 0 spiro atoms. The molecule has 0 saturated carbocycles. The molecule has 1 heterocycles. The quantitative estimate of drug-likeness (QED) is 0.532. The number of fused-ring (bicyclic) bond motifs is 1. The van der Waals surface area contributed by atoms with Crippen molar-refractivity contribution in [3.8, 4) is 11.5 Å². The van der Waals surface area contributed by atoms with Crippen molar-refractivity contribution in [2.45, 2.75) is 20.3 Å². The van der Waals surface area contributed by atoms with Crippen LogP contribution in [-0.4, -0.2) is 30.1 Å². The Bertz CT molecular complexity index is 1070. The standard InChI is InChI=1S/C23H26ClN3O4/c1-14(2)11-12-31-18-10-9-15(13-19(18)30-4)22(28)25-26-23(29)21-20(24)16-7-5-6-8-17(16)27(21)3/h5-10,13-14H,11-12H2,1-4H3,(H,25,28)(H,26,29). The van der Waals surface area contributed by atoms with Crippen LogP contribution in [0.5, 0.6) is 11.5 Å². The molecule has 3 rings (SSSR count). The Morgan fingerprint density at radius 1 is 1.06 bits per heavy atom. The predicted octanol–water partition coefficient (Wildman–Crippen LogP) is 4.34. The number of para-hydroxylation sites is 1. The number of aromatic nitrogens is 1. The minimum atomic E-state index is -0.516. The third-order valence-electron chi connectivity index (χ3n) is 4.93. The number of hydrogen-bond donors (Lipinski definition) is 2. The van der Waals surface area contributed by atoms with E-state index in [0.29, 0.717) is 34.6 Å². The molecule has 0 bridgehead atoms. The van der Waals surface area contributed by atoms with Crippen LogP contribution in [0.4, 0.5) is 0 Å². The fourth-order valence-corrected chi connectivity index (χ4v) is 3.55. The summed E-state index contributed by atoms with van der Waals surface area (Å²) in [6.45, 7) is 4.79. The van der Waals surface area contributed by atoms with Gasteiger partial charge in [0, 0.05) is 23.5 Å². The van der Waals surface area contributed by atoms with Gasteiger partial charge < -0.3 is 14.0 Å². The van der Waals surface area contributed by atoms with Crippen LogP contribution in [0.3, 0.4) is 0 Å². The lowest BCUT2D eigenvalue weighted by Crippen LogP contribution is -2.42. The summed E-state index contributed by atoms with van der Waals surface area (Å²) in [5, 5.41) is 1.09. The van der Waals surface area contributed by atoms with Crippen LogP contribution >= 0.6 is 11.6 Å². The Hall–Kier alpha value is -3.19. The van der Waals surface area contributed by atoms with Gasteiger partial charge in [-0.05, 0) is 36.6 Å². The summed E-state index contributed by atoms with van der Waals surface area (Å²) in [5.41, 5.74) is 6.24. The summed E-state index contributed by atoms with van der Waals surface area (Å²) in [7, 11) is 3.25. The zero-order chi connectivity index (χ0) is 22.5. The number of carbonyl (C=O) groups excluding carboxylic acids is 2. The molecule has 0 atom stereocenters. The van der Waals surface area contributed by atoms with Crippen LogP contribution in [0.25, 0.3) is 10.9 Å². The SMILES string of the molecule is COc1cc(C(=O)NNC(=O)c2c(Cl)c3ccccc3n2C)ccc1OCCC(C)C. The van der Waals surface area contributed by atoms with Gasteiger partial charge in [0.1, 0.15) is 5.69 Å². The van der Waals surface area contributed by atoms with Gasteiger partial charge in [-0.2, -0.15) is 0 Å². The number of hydrogen-bond acceptors (Lipinski definition) is 4. The number of ether oxygens (including phenoxy) is 2. The van der Waals surface area contributed by atoms with Gasteiger partial charge >= 0.3 is 0 Å². The minimum Gasteiger partial charge on any atom is -0.493 e. The van der Waals surface area contributed by atoms with E-state index in [1.54, 1.807) is 29.8 Å². The van der Waals surface area contributed by atoms with E-state index in [-0.39, 0.29) is 5.69 Å². The molecule has 0 unspecified atom stereocenters. The number of amides is 2. The number of nitrogens with zero attached hydrogens (tertiary/aromatic N) is 1. The number of hydrazine groups is 1. The number of methoxy groups -OCH3 is 1. The summed E-state index contributed by atoms with van der Waals surface area (Å²) in [5.74, 6) is 0.522. The molecule has 31 heavy (non-hydrogen) atoms. The predicted molar refractivity (Wildman–Crippen MR) is 121 cm³/mol. The lowest BCUT2D eigenvalue weighted by molar-refractivity contribution is 0.0842. The highest BCUT2D eigenvalue weighted by atomic mass is 35.5. The Balaban J connectivity index is 1.69. The van der Waals surface area contributed by atoms with Crippen molar-refractivity contribution < 1.29 is 19.1 Å². The van der Waals surface area contributed by atoms with E-state index in [9.17, 15) is 9.59 Å². The average molecular weight is 444 g/mol. The first-order valence-corrected chi connectivity index (χ1v) is 10.4. The van der Waals surface area contributed by atoms with Crippen molar-refractivity contribution in [2.75, 3.05) is 13.7 Å². The Morgan fingerprint density at radius 2 is 1.77 bits per heavy atom. The summed E-state index contributed by atoms with van der Waals surface area (Å²) in [6, 6.07) is 12.3. The van der Waals surface area contributed by atoms with E-state index in [4.69, 9.17) is 21.1 Å². The van der Waals surface area contributed by atoms with Crippen LogP contribution in [0, 0.1) is 5.92 Å². The van der Waals surface area contributed by atoms with E-state index in [1.165, 1.54) is 7.11 Å². The van der Waals surface area contributed by atoms with Gasteiger partial charge in [-0.3, -0.25) is 20.4 Å². The lowest BCUT2D eigenvalue weighted by atomic mass is 10.1. The molecule has 0 radical (unpaired) electrons. The zero-order valence-corrected chi connectivity index (χ0v) is 18.7. The number of nitrogens with one attached hydrogen (secondary N) is 2. The van der Waals surface area contributed by atoms with E-state index in [1.807, 2.05) is 24.3 Å². The van der Waals surface area contributed by atoms with E-state index in [0.717, 1.165) is 17.3 Å². The molecule has 2 amide bonds. The summed E-state index contributed by atoms with van der Waals surface area (Å²) < 4.78 is 12.8. The molecular weight excluding hydrogens is 418 g/mol. The number of carbonyl (C=O) groups is 2. The molecule has 0 aliphatic rings. The number of halogens is 1. The van der Waals surface area contributed by atoms with Gasteiger partial charge in [0.25, 0.3) is 11.8 Å². The molecule has 8 heteroatoms. The maximum Gasteiger partial charge on any atom is 0.287 e. The second-order valence-corrected chi connectivity index (χ2v) is 7.92. The topological polar surface area (TPSA) is 81.6 Å². The molecule has 2 N–H and O–H groups in total. The summed E-state index contributed by atoms with van der Waals surface area (Å²) in [6.07, 6.45) is 0.911. The Labute approximate surface area is 186 Å². The van der Waals surface area contributed by atoms with Gasteiger partial charge in [0.05, 0.1) is 18.7 Å². The van der Waals surface area contributed by atoms with Crippen LogP contribution in [0.15, 0.2) is 42.5 Å². The first-order valence-electron chi connectivity index (χ1n) is 9.98. The van der Waals surface area contributed by atoms with Crippen LogP contribution in [0.1, 0.15) is 41.1 Å². The Kier molecular flexibility index (Phi) is 7.07. The number of aryl methyl sites for hydroxylation is 1. The average Bonchev–Trinajstić information content (AvgIpc) is 3.02. The second-order valence-electron chi connectivity index (χ2n) is 7.54. The number of rotatable bonds is 7. The minimum absolute atomic E-state index is 0.259. The molecule has 0 aliphatic carbocycles. The monoisotopic (exact) mass is 443 g/mol. The molecule has 7 nitrogen and oxygen atoms in total. The van der Waals surface area contributed by atoms with E-state index in [2.05, 4.69) is 24.7 Å². The van der Waals surface area contributed by atoms with Crippen molar-refractivity contribution in [3.63, 3.8) is 0 Å². The fourth-order valence-electron chi connectivity index (χ4n) is 3.18. The van der Waals surface area contributed by atoms with Gasteiger partial charge in [0.15, 0.2) is 11.5 Å². The molecule has 1 aromatic heterocycles. The molecule has 0 fully saturated rings. The molecule has 3 aromatic rings. The molecule has 2 aromatic carbocycles. The Morgan fingerprint density at radius 3 is 2.45 bits per heavy atom. The van der Waals surface area contributed by atoms with Crippen molar-refractivity contribution in [1.29, 1.82) is 0 Å². The maximum absolute atomic E-state index is 12.7. The highest BCUT2D eigenvalue weighted by Gasteiger charge is 2.20. The summed E-state index contributed by atoms with van der Waals surface area (Å²) in [4.78, 5) is 25.2. The van der Waals surface area contributed by atoms with E-state index < -0.39 is 11.8 Å². The van der Waals surface area contributed by atoms with Gasteiger partial charge in [-0.25, -0.2) is 0 Å². The zero-order valence-electron chi connectivity index (χ0n) is 18.0. The van der Waals surface area contributed by atoms with Crippen molar-refractivity contribution in [2.24, 2.45) is 13.0 Å². The highest BCUT2D eigenvalue weighted by Crippen LogP contribution is 2.30. The second kappa shape index (κ2) is 9.75. The highest BCUT2D eigenvalue weighted by molar-refractivity contribution is 6.38. The summed E-state index contributed by atoms with van der Waals surface area (Å²) >= 11 is 6.38. The van der Waals surface area contributed by atoms with Crippen LogP contribution in [-0.2, 0) is 7.05 Å². The van der Waals surface area contributed by atoms with Crippen LogP contribution < -0.4 is 20.3 Å².